The highest BCUT2D eigenvalue weighted by Gasteiger charge is 2.20. The number of nitrogens with zero attached hydrogens (tertiary/aromatic N) is 1. The number of halogens is 2. The maximum absolute atomic E-state index is 13.1. The number of benzene rings is 1. The molecule has 0 saturated carbocycles. The third-order valence-corrected chi connectivity index (χ3v) is 4.83. The molecule has 3 nitrogen and oxygen atoms in total. The predicted molar refractivity (Wildman–Crippen MR) is 93.7 cm³/mol. The van der Waals surface area contributed by atoms with Crippen molar-refractivity contribution in [3.63, 3.8) is 0 Å². The normalized spacial score (nSPS) is 12.4. The Labute approximate surface area is 145 Å². The van der Waals surface area contributed by atoms with Crippen LogP contribution in [-0.2, 0) is 0 Å². The first-order valence-corrected chi connectivity index (χ1v) is 8.88. The van der Waals surface area contributed by atoms with Gasteiger partial charge in [0.2, 0.25) is 0 Å². The molecule has 1 unspecified atom stereocenters. The van der Waals surface area contributed by atoms with Crippen LogP contribution < -0.4 is 5.32 Å². The van der Waals surface area contributed by atoms with Gasteiger partial charge in [-0.1, -0.05) is 25.4 Å². The van der Waals surface area contributed by atoms with Crippen molar-refractivity contribution in [1.82, 2.24) is 10.2 Å². The minimum absolute atomic E-state index is 0.111. The topological polar surface area (TPSA) is 32.3 Å². The van der Waals surface area contributed by atoms with Crippen LogP contribution in [-0.4, -0.2) is 30.4 Å². The fourth-order valence-electron chi connectivity index (χ4n) is 2.54. The summed E-state index contributed by atoms with van der Waals surface area (Å²) in [6.07, 6.45) is 0. The van der Waals surface area contributed by atoms with Crippen LogP contribution in [0, 0.1) is 5.82 Å². The van der Waals surface area contributed by atoms with Gasteiger partial charge < -0.3 is 5.32 Å². The molecule has 0 fully saturated rings. The van der Waals surface area contributed by atoms with E-state index in [0.717, 1.165) is 19.2 Å². The summed E-state index contributed by atoms with van der Waals surface area (Å²) in [6, 6.07) is 5.98. The molecule has 0 bridgehead atoms. The lowest BCUT2D eigenvalue weighted by molar-refractivity contribution is 0.0935. The molecule has 2 rings (SSSR count). The van der Waals surface area contributed by atoms with Crippen molar-refractivity contribution >= 4 is 28.8 Å². The molecular formula is C17H20ClFN2OS. The van der Waals surface area contributed by atoms with Gasteiger partial charge in [-0.25, -0.2) is 4.39 Å². The number of amides is 1. The number of rotatable bonds is 7. The number of carbonyl (C=O) groups is 1. The summed E-state index contributed by atoms with van der Waals surface area (Å²) in [5.41, 5.74) is 1.47. The second-order valence-electron chi connectivity index (χ2n) is 5.13. The Morgan fingerprint density at radius 3 is 2.65 bits per heavy atom. The number of carbonyl (C=O) groups excluding carboxylic acids is 1. The fourth-order valence-corrected chi connectivity index (χ4v) is 3.51. The molecule has 0 aliphatic heterocycles. The number of likely N-dealkylation sites (N-methyl/N-ethyl adjacent to an activating group) is 1. The van der Waals surface area contributed by atoms with E-state index in [1.165, 1.54) is 17.7 Å². The molecule has 0 aliphatic rings. The molecule has 1 amide bonds. The van der Waals surface area contributed by atoms with Crippen LogP contribution in [0.4, 0.5) is 4.39 Å². The Bertz CT molecular complexity index is 644. The van der Waals surface area contributed by atoms with Crippen LogP contribution in [0.15, 0.2) is 35.0 Å². The second-order valence-corrected chi connectivity index (χ2v) is 6.32. The Morgan fingerprint density at radius 2 is 2.09 bits per heavy atom. The number of nitrogens with one attached hydrogen (secondary N) is 1. The van der Waals surface area contributed by atoms with Crippen molar-refractivity contribution in [2.24, 2.45) is 0 Å². The summed E-state index contributed by atoms with van der Waals surface area (Å²) in [5, 5.41) is 7.17. The highest BCUT2D eigenvalue weighted by molar-refractivity contribution is 7.07. The Morgan fingerprint density at radius 1 is 1.35 bits per heavy atom. The lowest BCUT2D eigenvalue weighted by Crippen LogP contribution is -2.38. The van der Waals surface area contributed by atoms with Crippen LogP contribution in [0.2, 0.25) is 5.02 Å². The highest BCUT2D eigenvalue weighted by atomic mass is 35.5. The molecule has 124 valence electrons. The molecule has 0 saturated heterocycles. The second kappa shape index (κ2) is 8.43. The molecule has 23 heavy (non-hydrogen) atoms. The molecule has 0 spiro atoms. The van der Waals surface area contributed by atoms with Gasteiger partial charge in [0.15, 0.2) is 0 Å². The van der Waals surface area contributed by atoms with Crippen molar-refractivity contribution in [2.45, 2.75) is 19.9 Å². The number of hydrogen-bond donors (Lipinski definition) is 1. The maximum atomic E-state index is 13.1. The third-order valence-electron chi connectivity index (χ3n) is 3.81. The van der Waals surface area contributed by atoms with Crippen molar-refractivity contribution in [3.05, 3.63) is 57.0 Å². The van der Waals surface area contributed by atoms with Gasteiger partial charge in [0.25, 0.3) is 5.91 Å². The van der Waals surface area contributed by atoms with Crippen LogP contribution >= 0.6 is 22.9 Å². The van der Waals surface area contributed by atoms with Crippen molar-refractivity contribution < 1.29 is 9.18 Å². The van der Waals surface area contributed by atoms with Gasteiger partial charge in [-0.3, -0.25) is 9.69 Å². The first kappa shape index (κ1) is 17.9. The summed E-state index contributed by atoms with van der Waals surface area (Å²) in [6.45, 7) is 6.46. The van der Waals surface area contributed by atoms with E-state index in [-0.39, 0.29) is 22.5 Å². The average Bonchev–Trinajstić information content (AvgIpc) is 3.05. The van der Waals surface area contributed by atoms with E-state index in [2.05, 4.69) is 35.5 Å². The molecule has 1 N–H and O–H groups in total. The smallest absolute Gasteiger partial charge is 0.252 e. The van der Waals surface area contributed by atoms with E-state index >= 15 is 0 Å². The summed E-state index contributed by atoms with van der Waals surface area (Å²) >= 11 is 7.59. The predicted octanol–water partition coefficient (Wildman–Crippen LogP) is 4.35. The zero-order chi connectivity index (χ0) is 16.8. The molecule has 0 aliphatic carbocycles. The summed E-state index contributed by atoms with van der Waals surface area (Å²) in [7, 11) is 0. The lowest BCUT2D eigenvalue weighted by Gasteiger charge is -2.29. The van der Waals surface area contributed by atoms with Gasteiger partial charge in [-0.2, -0.15) is 11.3 Å². The van der Waals surface area contributed by atoms with Crippen LogP contribution in [0.5, 0.6) is 0 Å². The van der Waals surface area contributed by atoms with Gasteiger partial charge in [-0.05, 0) is 53.7 Å². The third kappa shape index (κ3) is 4.53. The van der Waals surface area contributed by atoms with Gasteiger partial charge in [0.05, 0.1) is 16.6 Å². The molecule has 1 aromatic carbocycles. The minimum Gasteiger partial charge on any atom is -0.350 e. The molecule has 2 aromatic rings. The Balaban J connectivity index is 2.10. The monoisotopic (exact) mass is 354 g/mol. The molecular weight excluding hydrogens is 335 g/mol. The van der Waals surface area contributed by atoms with Crippen molar-refractivity contribution in [2.75, 3.05) is 19.6 Å². The van der Waals surface area contributed by atoms with Gasteiger partial charge in [-0.15, -0.1) is 0 Å². The fraction of sp³-hybridized carbons (Fsp3) is 0.353. The van der Waals surface area contributed by atoms with Crippen molar-refractivity contribution in [1.29, 1.82) is 0 Å². The number of thiophene rings is 1. The largest absolute Gasteiger partial charge is 0.350 e. The van der Waals surface area contributed by atoms with Crippen LogP contribution in [0.3, 0.4) is 0 Å². The molecule has 1 atom stereocenters. The van der Waals surface area contributed by atoms with Crippen LogP contribution in [0.1, 0.15) is 35.8 Å². The van der Waals surface area contributed by atoms with E-state index in [0.29, 0.717) is 6.54 Å². The summed E-state index contributed by atoms with van der Waals surface area (Å²) in [4.78, 5) is 14.6. The number of hydrogen-bond acceptors (Lipinski definition) is 3. The Hall–Kier alpha value is -1.43. The van der Waals surface area contributed by atoms with E-state index in [1.54, 1.807) is 11.3 Å². The summed E-state index contributed by atoms with van der Waals surface area (Å²) < 4.78 is 13.1. The highest BCUT2D eigenvalue weighted by Crippen LogP contribution is 2.23. The molecule has 1 aromatic heterocycles. The van der Waals surface area contributed by atoms with E-state index in [1.807, 2.05) is 5.38 Å². The van der Waals surface area contributed by atoms with E-state index in [9.17, 15) is 9.18 Å². The van der Waals surface area contributed by atoms with Gasteiger partial charge in [0, 0.05) is 6.54 Å². The lowest BCUT2D eigenvalue weighted by atomic mass is 10.1. The minimum atomic E-state index is -0.453. The molecule has 6 heteroatoms. The molecule has 0 radical (unpaired) electrons. The zero-order valence-electron chi connectivity index (χ0n) is 13.2. The van der Waals surface area contributed by atoms with E-state index < -0.39 is 5.82 Å². The summed E-state index contributed by atoms with van der Waals surface area (Å²) in [5.74, 6) is -0.742. The first-order valence-electron chi connectivity index (χ1n) is 7.56. The van der Waals surface area contributed by atoms with Crippen molar-refractivity contribution in [3.8, 4) is 0 Å². The maximum Gasteiger partial charge on any atom is 0.252 e. The average molecular weight is 355 g/mol. The Kier molecular flexibility index (Phi) is 6.57. The standard InChI is InChI=1S/C17H20ClFN2OS/c1-3-21(4-2)16(12-7-8-23-11-12)10-20-17(22)14-6-5-13(19)9-15(14)18/h5-9,11,16H,3-4,10H2,1-2H3,(H,20,22). The van der Waals surface area contributed by atoms with E-state index in [4.69, 9.17) is 11.6 Å². The van der Waals surface area contributed by atoms with Gasteiger partial charge >= 0.3 is 0 Å². The molecule has 1 heterocycles. The first-order chi connectivity index (χ1) is 11.1. The SMILES string of the molecule is CCN(CC)C(CNC(=O)c1ccc(F)cc1Cl)c1ccsc1. The zero-order valence-corrected chi connectivity index (χ0v) is 14.8. The van der Waals surface area contributed by atoms with Gasteiger partial charge in [0.1, 0.15) is 5.82 Å². The van der Waals surface area contributed by atoms with Crippen LogP contribution in [0.25, 0.3) is 0 Å². The quantitative estimate of drug-likeness (QED) is 0.801.